The Labute approximate surface area is 386 Å². The van der Waals surface area contributed by atoms with Crippen LogP contribution in [0.4, 0.5) is 51.2 Å². The highest BCUT2D eigenvalue weighted by Gasteiger charge is 2.24. The van der Waals surface area contributed by atoms with Gasteiger partial charge in [-0.25, -0.2) is 0 Å². The molecule has 0 saturated carbocycles. The molecule has 0 aliphatic heterocycles. The Balaban J connectivity index is 1.11. The summed E-state index contributed by atoms with van der Waals surface area (Å²) >= 11 is 3.71. The van der Waals surface area contributed by atoms with Crippen LogP contribution < -0.4 is 14.7 Å². The van der Waals surface area contributed by atoms with Gasteiger partial charge in [-0.15, -0.1) is 22.7 Å². The number of rotatable bonds is 10. The minimum Gasteiger partial charge on any atom is -0.310 e. The Bertz CT molecular complexity index is 3510. The van der Waals surface area contributed by atoms with Crippen molar-refractivity contribution in [1.82, 2.24) is 0 Å². The van der Waals surface area contributed by atoms with Gasteiger partial charge in [0.15, 0.2) is 0 Å². The molecule has 0 fully saturated rings. The van der Waals surface area contributed by atoms with Gasteiger partial charge in [0, 0.05) is 81.1 Å². The maximum absolute atomic E-state index is 2.43. The summed E-state index contributed by atoms with van der Waals surface area (Å²) in [5.41, 5.74) is 12.3. The summed E-state index contributed by atoms with van der Waals surface area (Å²) in [5.74, 6) is 0. The van der Waals surface area contributed by atoms with Gasteiger partial charge in [-0.2, -0.15) is 0 Å². The summed E-state index contributed by atoms with van der Waals surface area (Å²) in [5, 5.41) is 4.97. The SMILES string of the molecule is c1ccc(-c2ccc(N(c3ccc4sc5ccccc5c4c3)c3ccc4sc5c(N(c6ccccc6)c6ccccc6)cc(N(c6ccccc6)c6ccccc6)cc5c4c3)cc2)cc1. The molecule has 2 aromatic heterocycles. The van der Waals surface area contributed by atoms with Crippen LogP contribution in [0.1, 0.15) is 0 Å². The van der Waals surface area contributed by atoms with Gasteiger partial charge in [-0.05, 0) is 126 Å². The molecule has 5 heteroatoms. The molecule has 0 radical (unpaired) electrons. The number of anilines is 9. The van der Waals surface area contributed by atoms with Crippen LogP contribution >= 0.6 is 22.7 Å². The zero-order valence-corrected chi connectivity index (χ0v) is 37.0. The van der Waals surface area contributed by atoms with Crippen LogP contribution in [0, 0.1) is 0 Å². The molecule has 0 amide bonds. The van der Waals surface area contributed by atoms with Gasteiger partial charge in [0.1, 0.15) is 0 Å². The van der Waals surface area contributed by atoms with Crippen molar-refractivity contribution in [3.8, 4) is 11.1 Å². The first kappa shape index (κ1) is 38.7. The average Bonchev–Trinajstić information content (AvgIpc) is 3.94. The topological polar surface area (TPSA) is 9.72 Å². The maximum atomic E-state index is 2.43. The van der Waals surface area contributed by atoms with E-state index in [0.29, 0.717) is 0 Å². The third kappa shape index (κ3) is 7.17. The first-order chi connectivity index (χ1) is 32.2. The molecule has 0 N–H and O–H groups in total. The smallest absolute Gasteiger partial charge is 0.0661 e. The van der Waals surface area contributed by atoms with Gasteiger partial charge in [0.25, 0.3) is 0 Å². The van der Waals surface area contributed by atoms with Gasteiger partial charge in [-0.1, -0.05) is 133 Å². The Hall–Kier alpha value is -7.96. The van der Waals surface area contributed by atoms with Crippen molar-refractivity contribution >= 4 is 114 Å². The summed E-state index contributed by atoms with van der Waals surface area (Å²) in [6.07, 6.45) is 0. The summed E-state index contributed by atoms with van der Waals surface area (Å²) < 4.78 is 5.04. The predicted molar refractivity (Wildman–Crippen MR) is 282 cm³/mol. The fraction of sp³-hybridized carbons (Fsp3) is 0. The van der Waals surface area contributed by atoms with E-state index >= 15 is 0 Å². The quantitative estimate of drug-likeness (QED) is 0.136. The highest BCUT2D eigenvalue weighted by atomic mass is 32.1. The fourth-order valence-electron chi connectivity index (χ4n) is 9.18. The van der Waals surface area contributed by atoms with Crippen LogP contribution in [0.15, 0.2) is 249 Å². The van der Waals surface area contributed by atoms with E-state index in [2.05, 4.69) is 263 Å². The molecule has 65 heavy (non-hydrogen) atoms. The maximum Gasteiger partial charge on any atom is 0.0661 e. The molecule has 0 unspecified atom stereocenters. The molecule has 2 heterocycles. The van der Waals surface area contributed by atoms with E-state index in [4.69, 9.17) is 0 Å². The highest BCUT2D eigenvalue weighted by Crippen LogP contribution is 2.50. The molecular formula is C60H41N3S2. The molecule has 12 rings (SSSR count). The van der Waals surface area contributed by atoms with Gasteiger partial charge in [0.05, 0.1) is 10.4 Å². The number of hydrogen-bond donors (Lipinski definition) is 0. The van der Waals surface area contributed by atoms with Gasteiger partial charge in [0.2, 0.25) is 0 Å². The van der Waals surface area contributed by atoms with Crippen LogP contribution in [0.2, 0.25) is 0 Å². The summed E-state index contributed by atoms with van der Waals surface area (Å²) in [4.78, 5) is 7.22. The Morgan fingerprint density at radius 1 is 0.231 bits per heavy atom. The zero-order valence-electron chi connectivity index (χ0n) is 35.3. The van der Waals surface area contributed by atoms with E-state index in [1.807, 2.05) is 22.7 Å². The average molecular weight is 868 g/mol. The molecule has 12 aromatic rings. The van der Waals surface area contributed by atoms with Crippen molar-refractivity contribution in [2.24, 2.45) is 0 Å². The van der Waals surface area contributed by atoms with Gasteiger partial charge >= 0.3 is 0 Å². The second-order valence-corrected chi connectivity index (χ2v) is 18.3. The number of benzene rings is 10. The fourth-order valence-corrected chi connectivity index (χ4v) is 11.4. The Morgan fingerprint density at radius 3 is 1.18 bits per heavy atom. The lowest BCUT2D eigenvalue weighted by molar-refractivity contribution is 1.26. The Kier molecular flexibility index (Phi) is 9.90. The number of para-hydroxylation sites is 4. The molecular weight excluding hydrogens is 827 g/mol. The second-order valence-electron chi connectivity index (χ2n) is 16.2. The predicted octanol–water partition coefficient (Wildman–Crippen LogP) is 18.5. The number of fused-ring (bicyclic) bond motifs is 6. The van der Waals surface area contributed by atoms with Gasteiger partial charge < -0.3 is 14.7 Å². The molecule has 0 spiro atoms. The molecule has 3 nitrogen and oxygen atoms in total. The summed E-state index contributed by atoms with van der Waals surface area (Å²) in [7, 11) is 0. The standard InChI is InChI=1S/C60H41N3S2/c1-6-18-42(19-7-1)43-30-32-48(33-31-43)62(49-34-36-58-53(38-49)52-28-16-17-29-57(52)64-58)50-35-37-59-54(39-50)55-40-51(61(44-20-8-2-9-21-44)45-22-10-3-11-23-45)41-56(60(55)65-59)63(46-24-12-4-13-25-46)47-26-14-5-15-27-47/h1-41H. The monoisotopic (exact) mass is 867 g/mol. The molecule has 0 aliphatic rings. The van der Waals surface area contributed by atoms with Crippen molar-refractivity contribution in [2.45, 2.75) is 0 Å². The third-order valence-corrected chi connectivity index (χ3v) is 14.5. The van der Waals surface area contributed by atoms with E-state index in [0.717, 1.165) is 51.2 Å². The first-order valence-corrected chi connectivity index (χ1v) is 23.5. The minimum absolute atomic E-state index is 1.08. The Morgan fingerprint density at radius 2 is 0.615 bits per heavy atom. The molecule has 0 aliphatic carbocycles. The van der Waals surface area contributed by atoms with Crippen LogP contribution in [-0.2, 0) is 0 Å². The van der Waals surface area contributed by atoms with Gasteiger partial charge in [-0.3, -0.25) is 0 Å². The van der Waals surface area contributed by atoms with E-state index < -0.39 is 0 Å². The largest absolute Gasteiger partial charge is 0.310 e. The minimum atomic E-state index is 1.08. The number of thiophene rings is 2. The van der Waals surface area contributed by atoms with Crippen LogP contribution in [0.5, 0.6) is 0 Å². The second kappa shape index (κ2) is 16.6. The molecule has 0 saturated heterocycles. The summed E-state index contributed by atoms with van der Waals surface area (Å²) in [6.45, 7) is 0. The van der Waals surface area contributed by atoms with Crippen LogP contribution in [0.3, 0.4) is 0 Å². The first-order valence-electron chi connectivity index (χ1n) is 21.9. The van der Waals surface area contributed by atoms with E-state index in [-0.39, 0.29) is 0 Å². The zero-order chi connectivity index (χ0) is 43.1. The normalized spacial score (nSPS) is 11.4. The third-order valence-electron chi connectivity index (χ3n) is 12.2. The highest BCUT2D eigenvalue weighted by molar-refractivity contribution is 7.26. The van der Waals surface area contributed by atoms with Crippen molar-refractivity contribution in [3.05, 3.63) is 249 Å². The molecule has 10 aromatic carbocycles. The van der Waals surface area contributed by atoms with Crippen LogP contribution in [0.25, 0.3) is 51.5 Å². The van der Waals surface area contributed by atoms with Crippen molar-refractivity contribution < 1.29 is 0 Å². The van der Waals surface area contributed by atoms with Crippen LogP contribution in [-0.4, -0.2) is 0 Å². The lowest BCUT2D eigenvalue weighted by atomic mass is 10.0. The van der Waals surface area contributed by atoms with E-state index in [9.17, 15) is 0 Å². The molecule has 308 valence electrons. The van der Waals surface area contributed by atoms with Crippen molar-refractivity contribution in [2.75, 3.05) is 14.7 Å². The lowest BCUT2D eigenvalue weighted by Gasteiger charge is -2.30. The summed E-state index contributed by atoms with van der Waals surface area (Å²) in [6, 6.07) is 90.1. The van der Waals surface area contributed by atoms with E-state index in [1.165, 1.54) is 51.5 Å². The lowest BCUT2D eigenvalue weighted by Crippen LogP contribution is -2.13. The van der Waals surface area contributed by atoms with Crippen molar-refractivity contribution in [1.29, 1.82) is 0 Å². The molecule has 0 bridgehead atoms. The number of hydrogen-bond acceptors (Lipinski definition) is 5. The van der Waals surface area contributed by atoms with E-state index in [1.54, 1.807) is 0 Å². The molecule has 0 atom stereocenters. The van der Waals surface area contributed by atoms with Crippen molar-refractivity contribution in [3.63, 3.8) is 0 Å². The number of nitrogens with zero attached hydrogens (tertiary/aromatic N) is 3.